The van der Waals surface area contributed by atoms with E-state index in [9.17, 15) is 4.79 Å². The number of hydrogen-bond donors (Lipinski definition) is 3. The molecule has 3 N–H and O–H groups in total. The summed E-state index contributed by atoms with van der Waals surface area (Å²) >= 11 is 6.61. The van der Waals surface area contributed by atoms with Crippen LogP contribution in [0.4, 0.5) is 22.0 Å². The van der Waals surface area contributed by atoms with Gasteiger partial charge in [-0.1, -0.05) is 29.3 Å². The molecule has 1 aliphatic heterocycles. The molecule has 1 saturated heterocycles. The van der Waals surface area contributed by atoms with Crippen molar-refractivity contribution in [3.05, 3.63) is 71.6 Å². The molecule has 2 aromatic carbocycles. The first-order chi connectivity index (χ1) is 19.5. The maximum atomic E-state index is 12.6. The predicted octanol–water partition coefficient (Wildman–Crippen LogP) is 5.64. The SMILES string of the molecule is Cc1ccc(NC(=O)N2CCC(Oc3ccc(Nc4ncnc5ccn(CCOCCO)c45)cc3Cl)CC2)cc1.Cl. The number of likely N-dealkylation sites (tertiary alicyclic amines) is 1. The fourth-order valence-corrected chi connectivity index (χ4v) is 4.87. The minimum atomic E-state index is -0.0987. The van der Waals surface area contributed by atoms with Crippen molar-refractivity contribution in [2.24, 2.45) is 0 Å². The second-order valence-corrected chi connectivity index (χ2v) is 10.1. The van der Waals surface area contributed by atoms with E-state index in [1.54, 1.807) is 0 Å². The van der Waals surface area contributed by atoms with E-state index < -0.39 is 0 Å². The number of nitrogens with zero attached hydrogens (tertiary/aromatic N) is 4. The summed E-state index contributed by atoms with van der Waals surface area (Å²) < 4.78 is 13.6. The van der Waals surface area contributed by atoms with Crippen molar-refractivity contribution in [1.29, 1.82) is 0 Å². The van der Waals surface area contributed by atoms with Gasteiger partial charge in [-0.05, 0) is 43.3 Å². The molecule has 0 unspecified atom stereocenters. The van der Waals surface area contributed by atoms with E-state index in [0.29, 0.717) is 49.4 Å². The highest BCUT2D eigenvalue weighted by Gasteiger charge is 2.24. The number of amides is 2. The van der Waals surface area contributed by atoms with Crippen LogP contribution in [-0.2, 0) is 11.3 Å². The molecule has 41 heavy (non-hydrogen) atoms. The number of aliphatic hydroxyl groups excluding tert-OH is 1. The fourth-order valence-electron chi connectivity index (χ4n) is 4.65. The second kappa shape index (κ2) is 14.4. The van der Waals surface area contributed by atoms with E-state index >= 15 is 0 Å². The van der Waals surface area contributed by atoms with Crippen molar-refractivity contribution < 1.29 is 19.4 Å². The average molecular weight is 602 g/mol. The summed E-state index contributed by atoms with van der Waals surface area (Å²) in [5, 5.41) is 15.7. The zero-order valence-corrected chi connectivity index (χ0v) is 24.3. The largest absolute Gasteiger partial charge is 0.489 e. The Morgan fingerprint density at radius 1 is 1.07 bits per heavy atom. The third-order valence-electron chi connectivity index (χ3n) is 6.78. The van der Waals surface area contributed by atoms with Gasteiger partial charge in [0, 0.05) is 50.0 Å². The molecule has 12 heteroatoms. The van der Waals surface area contributed by atoms with Gasteiger partial charge in [-0.25, -0.2) is 14.8 Å². The second-order valence-electron chi connectivity index (χ2n) is 9.67. The molecule has 0 saturated carbocycles. The molecule has 2 aromatic heterocycles. The molecular weight excluding hydrogens is 567 g/mol. The Morgan fingerprint density at radius 2 is 1.83 bits per heavy atom. The zero-order chi connectivity index (χ0) is 27.9. The van der Waals surface area contributed by atoms with E-state index in [0.717, 1.165) is 40.8 Å². The van der Waals surface area contributed by atoms with Crippen LogP contribution in [0.2, 0.25) is 5.02 Å². The van der Waals surface area contributed by atoms with Gasteiger partial charge in [0.05, 0.1) is 30.4 Å². The van der Waals surface area contributed by atoms with Gasteiger partial charge >= 0.3 is 6.03 Å². The normalized spacial score (nSPS) is 13.6. The Balaban J connectivity index is 0.00000387. The van der Waals surface area contributed by atoms with Crippen molar-refractivity contribution in [3.63, 3.8) is 0 Å². The first-order valence-corrected chi connectivity index (χ1v) is 13.7. The number of nitrogens with one attached hydrogen (secondary N) is 2. The molecular formula is C29H34Cl2N6O4. The van der Waals surface area contributed by atoms with E-state index in [4.69, 9.17) is 26.2 Å². The Morgan fingerprint density at radius 3 is 2.56 bits per heavy atom. The van der Waals surface area contributed by atoms with Crippen molar-refractivity contribution in [2.45, 2.75) is 32.4 Å². The van der Waals surface area contributed by atoms with Crippen LogP contribution >= 0.6 is 24.0 Å². The van der Waals surface area contributed by atoms with Gasteiger partial charge in [-0.2, -0.15) is 0 Å². The fraction of sp³-hybridized carbons (Fsp3) is 0.345. The van der Waals surface area contributed by atoms with Gasteiger partial charge in [-0.3, -0.25) is 0 Å². The minimum Gasteiger partial charge on any atom is -0.489 e. The van der Waals surface area contributed by atoms with Gasteiger partial charge in [0.2, 0.25) is 0 Å². The first kappa shape index (κ1) is 30.4. The number of benzene rings is 2. The highest BCUT2D eigenvalue weighted by atomic mass is 35.5. The molecule has 0 bridgehead atoms. The number of piperidine rings is 1. The lowest BCUT2D eigenvalue weighted by Crippen LogP contribution is -2.43. The van der Waals surface area contributed by atoms with Crippen molar-refractivity contribution in [1.82, 2.24) is 19.4 Å². The number of urea groups is 1. The molecule has 0 radical (unpaired) electrons. The summed E-state index contributed by atoms with van der Waals surface area (Å²) in [6.45, 7) is 4.59. The third kappa shape index (κ3) is 7.80. The standard InChI is InChI=1S/C29H33ClN6O4.ClH/c1-20-2-4-21(5-3-20)34-29(38)36-11-8-23(9-12-36)40-26-7-6-22(18-24(26)30)33-28-27-25(31-19-32-28)10-13-35(27)14-16-39-17-15-37;/h2-7,10,13,18-19,23,37H,8-9,11-12,14-17H2,1H3,(H,34,38)(H,31,32,33);1H. The van der Waals surface area contributed by atoms with E-state index in [2.05, 4.69) is 20.6 Å². The molecule has 3 heterocycles. The summed E-state index contributed by atoms with van der Waals surface area (Å²) in [4.78, 5) is 23.3. The third-order valence-corrected chi connectivity index (χ3v) is 7.08. The van der Waals surface area contributed by atoms with Crippen molar-refractivity contribution in [3.8, 4) is 5.75 Å². The summed E-state index contributed by atoms with van der Waals surface area (Å²) in [5.41, 5.74) is 4.37. The van der Waals surface area contributed by atoms with E-state index in [1.165, 1.54) is 6.33 Å². The maximum Gasteiger partial charge on any atom is 0.321 e. The summed E-state index contributed by atoms with van der Waals surface area (Å²) in [6, 6.07) is 15.2. The van der Waals surface area contributed by atoms with Crippen LogP contribution in [0.25, 0.3) is 11.0 Å². The summed E-state index contributed by atoms with van der Waals surface area (Å²) in [6.07, 6.45) is 4.86. The van der Waals surface area contributed by atoms with Crippen molar-refractivity contribution in [2.75, 3.05) is 43.5 Å². The van der Waals surface area contributed by atoms with Crippen molar-refractivity contribution >= 4 is 58.3 Å². The number of ether oxygens (including phenoxy) is 2. The van der Waals surface area contributed by atoms with Crippen LogP contribution in [0.5, 0.6) is 5.75 Å². The summed E-state index contributed by atoms with van der Waals surface area (Å²) in [7, 11) is 0. The smallest absolute Gasteiger partial charge is 0.321 e. The van der Waals surface area contributed by atoms with Crippen LogP contribution in [0.15, 0.2) is 61.1 Å². The topological polar surface area (TPSA) is 114 Å². The van der Waals surface area contributed by atoms with Gasteiger partial charge in [-0.15, -0.1) is 12.4 Å². The molecule has 0 aliphatic carbocycles. The molecule has 1 aliphatic rings. The molecule has 5 rings (SSSR count). The van der Waals surface area contributed by atoms with Crippen LogP contribution < -0.4 is 15.4 Å². The monoisotopic (exact) mass is 600 g/mol. The van der Waals surface area contributed by atoms with Gasteiger partial charge in [0.15, 0.2) is 5.82 Å². The summed E-state index contributed by atoms with van der Waals surface area (Å²) in [5.74, 6) is 1.25. The number of aromatic nitrogens is 3. The van der Waals surface area contributed by atoms with Crippen LogP contribution in [0.3, 0.4) is 0 Å². The van der Waals surface area contributed by atoms with Gasteiger partial charge in [0.25, 0.3) is 0 Å². The van der Waals surface area contributed by atoms with Gasteiger partial charge < -0.3 is 34.7 Å². The number of carbonyl (C=O) groups excluding carboxylic acids is 1. The lowest BCUT2D eigenvalue weighted by Gasteiger charge is -2.32. The number of rotatable bonds is 10. The van der Waals surface area contributed by atoms with Crippen LogP contribution in [0, 0.1) is 6.92 Å². The average Bonchev–Trinajstić information content (AvgIpc) is 3.38. The van der Waals surface area contributed by atoms with Crippen LogP contribution in [-0.4, -0.2) is 69.6 Å². The first-order valence-electron chi connectivity index (χ1n) is 13.3. The number of carbonyl (C=O) groups is 1. The molecule has 4 aromatic rings. The maximum absolute atomic E-state index is 12.6. The minimum absolute atomic E-state index is 0. The Kier molecular flexibility index (Phi) is 10.6. The van der Waals surface area contributed by atoms with Gasteiger partial charge in [0.1, 0.15) is 23.7 Å². The quantitative estimate of drug-likeness (QED) is 0.202. The lowest BCUT2D eigenvalue weighted by atomic mass is 10.1. The predicted molar refractivity (Wildman–Crippen MR) is 163 cm³/mol. The Hall–Kier alpha value is -3.57. The molecule has 2 amide bonds. The molecule has 218 valence electrons. The highest BCUT2D eigenvalue weighted by Crippen LogP contribution is 2.32. The number of anilines is 3. The number of aliphatic hydroxyl groups is 1. The van der Waals surface area contributed by atoms with E-state index in [-0.39, 0.29) is 31.1 Å². The number of halogens is 2. The van der Waals surface area contributed by atoms with Crippen LogP contribution in [0.1, 0.15) is 18.4 Å². The number of aryl methyl sites for hydroxylation is 1. The lowest BCUT2D eigenvalue weighted by molar-refractivity contribution is 0.0875. The molecule has 1 fully saturated rings. The Bertz CT molecular complexity index is 1440. The van der Waals surface area contributed by atoms with E-state index in [1.807, 2.05) is 71.1 Å². The number of hydrogen-bond acceptors (Lipinski definition) is 7. The molecule has 10 nitrogen and oxygen atoms in total. The molecule has 0 atom stereocenters. The Labute approximate surface area is 250 Å². The zero-order valence-electron chi connectivity index (χ0n) is 22.8. The highest BCUT2D eigenvalue weighted by molar-refractivity contribution is 6.32. The number of fused-ring (bicyclic) bond motifs is 1. The molecule has 0 spiro atoms.